The number of ether oxygens (including phenoxy) is 2. The van der Waals surface area contributed by atoms with Gasteiger partial charge in [-0.25, -0.2) is 4.98 Å². The van der Waals surface area contributed by atoms with E-state index in [9.17, 15) is 0 Å². The molecule has 0 unspecified atom stereocenters. The first-order chi connectivity index (χ1) is 7.83. The van der Waals surface area contributed by atoms with E-state index >= 15 is 0 Å². The van der Waals surface area contributed by atoms with Crippen LogP contribution in [0.2, 0.25) is 0 Å². The molecule has 0 fully saturated rings. The summed E-state index contributed by atoms with van der Waals surface area (Å²) >= 11 is 0. The fourth-order valence-corrected chi connectivity index (χ4v) is 1.46. The zero-order valence-corrected chi connectivity index (χ0v) is 9.31. The third kappa shape index (κ3) is 2.14. The van der Waals surface area contributed by atoms with Crippen LogP contribution in [0.15, 0.2) is 42.5 Å². The molecule has 82 valence electrons. The maximum absolute atomic E-state index is 5.20. The standard InChI is InChI=1S/C13H13NO2/c1-15-11-8-12(14-13(9-11)16-2)10-6-4-3-5-7-10/h3-9H,1-2H3. The summed E-state index contributed by atoms with van der Waals surface area (Å²) in [6.45, 7) is 0. The first-order valence-electron chi connectivity index (χ1n) is 4.99. The van der Waals surface area contributed by atoms with Crippen LogP contribution in [-0.2, 0) is 0 Å². The van der Waals surface area contributed by atoms with Crippen molar-refractivity contribution >= 4 is 0 Å². The first kappa shape index (κ1) is 10.5. The molecule has 0 aliphatic rings. The van der Waals surface area contributed by atoms with Crippen molar-refractivity contribution in [2.24, 2.45) is 0 Å². The Bertz CT molecular complexity index is 446. The minimum Gasteiger partial charge on any atom is -0.496 e. The molecule has 1 aromatic heterocycles. The van der Waals surface area contributed by atoms with Crippen molar-refractivity contribution in [3.63, 3.8) is 0 Å². The summed E-state index contributed by atoms with van der Waals surface area (Å²) < 4.78 is 10.3. The van der Waals surface area contributed by atoms with Gasteiger partial charge in [0, 0.05) is 17.7 Å². The average Bonchev–Trinajstić information content (AvgIpc) is 2.39. The highest BCUT2D eigenvalue weighted by atomic mass is 16.5. The van der Waals surface area contributed by atoms with E-state index in [-0.39, 0.29) is 0 Å². The number of hydrogen-bond acceptors (Lipinski definition) is 3. The Morgan fingerprint density at radius 1 is 0.938 bits per heavy atom. The maximum atomic E-state index is 5.20. The lowest BCUT2D eigenvalue weighted by atomic mass is 10.1. The van der Waals surface area contributed by atoms with Crippen molar-refractivity contribution < 1.29 is 9.47 Å². The van der Waals surface area contributed by atoms with Crippen molar-refractivity contribution in [1.29, 1.82) is 0 Å². The van der Waals surface area contributed by atoms with Crippen molar-refractivity contribution in [2.75, 3.05) is 14.2 Å². The van der Waals surface area contributed by atoms with E-state index in [1.165, 1.54) is 0 Å². The van der Waals surface area contributed by atoms with Gasteiger partial charge in [0.15, 0.2) is 0 Å². The molecule has 0 N–H and O–H groups in total. The van der Waals surface area contributed by atoms with E-state index < -0.39 is 0 Å². The van der Waals surface area contributed by atoms with E-state index in [0.717, 1.165) is 17.0 Å². The molecule has 3 nitrogen and oxygen atoms in total. The molecular weight excluding hydrogens is 202 g/mol. The average molecular weight is 215 g/mol. The first-order valence-corrected chi connectivity index (χ1v) is 4.99. The molecule has 2 aromatic rings. The van der Waals surface area contributed by atoms with Gasteiger partial charge < -0.3 is 9.47 Å². The third-order valence-electron chi connectivity index (χ3n) is 2.29. The summed E-state index contributed by atoms with van der Waals surface area (Å²) in [6, 6.07) is 13.6. The number of rotatable bonds is 3. The Balaban J connectivity index is 2.48. The van der Waals surface area contributed by atoms with Crippen LogP contribution in [0.3, 0.4) is 0 Å². The molecule has 1 aromatic carbocycles. The highest BCUT2D eigenvalue weighted by Gasteiger charge is 2.04. The number of aromatic nitrogens is 1. The lowest BCUT2D eigenvalue weighted by Crippen LogP contribution is -1.92. The molecule has 0 amide bonds. The van der Waals surface area contributed by atoms with E-state index in [1.54, 1.807) is 20.3 Å². The lowest BCUT2D eigenvalue weighted by molar-refractivity contribution is 0.383. The Morgan fingerprint density at radius 3 is 2.31 bits per heavy atom. The van der Waals surface area contributed by atoms with Gasteiger partial charge in [-0.05, 0) is 0 Å². The van der Waals surface area contributed by atoms with Gasteiger partial charge in [-0.3, -0.25) is 0 Å². The summed E-state index contributed by atoms with van der Waals surface area (Å²) in [6.07, 6.45) is 0. The fourth-order valence-electron chi connectivity index (χ4n) is 1.46. The van der Waals surface area contributed by atoms with Gasteiger partial charge in [-0.15, -0.1) is 0 Å². The molecule has 3 heteroatoms. The van der Waals surface area contributed by atoms with Crippen LogP contribution in [-0.4, -0.2) is 19.2 Å². The smallest absolute Gasteiger partial charge is 0.217 e. The predicted molar refractivity (Wildman–Crippen MR) is 62.8 cm³/mol. The van der Waals surface area contributed by atoms with Gasteiger partial charge in [-0.1, -0.05) is 30.3 Å². The molecule has 16 heavy (non-hydrogen) atoms. The topological polar surface area (TPSA) is 31.4 Å². The number of nitrogens with zero attached hydrogens (tertiary/aromatic N) is 1. The Hall–Kier alpha value is -2.03. The molecule has 0 aliphatic carbocycles. The maximum Gasteiger partial charge on any atom is 0.217 e. The van der Waals surface area contributed by atoms with Crippen LogP contribution >= 0.6 is 0 Å². The summed E-state index contributed by atoms with van der Waals surface area (Å²) in [5, 5.41) is 0. The lowest BCUT2D eigenvalue weighted by Gasteiger charge is -2.07. The Kier molecular flexibility index (Phi) is 3.05. The monoisotopic (exact) mass is 215 g/mol. The van der Waals surface area contributed by atoms with Gasteiger partial charge in [0.2, 0.25) is 5.88 Å². The van der Waals surface area contributed by atoms with Gasteiger partial charge in [0.25, 0.3) is 0 Å². The van der Waals surface area contributed by atoms with Crippen LogP contribution in [0.4, 0.5) is 0 Å². The summed E-state index contributed by atoms with van der Waals surface area (Å²) in [5.41, 5.74) is 1.89. The fraction of sp³-hybridized carbons (Fsp3) is 0.154. The molecule has 0 radical (unpaired) electrons. The summed E-state index contributed by atoms with van der Waals surface area (Å²) in [4.78, 5) is 4.37. The second kappa shape index (κ2) is 4.66. The van der Waals surface area contributed by atoms with Crippen LogP contribution in [0.1, 0.15) is 0 Å². The predicted octanol–water partition coefficient (Wildman–Crippen LogP) is 2.77. The third-order valence-corrected chi connectivity index (χ3v) is 2.29. The number of hydrogen-bond donors (Lipinski definition) is 0. The van der Waals surface area contributed by atoms with Gasteiger partial charge in [0.1, 0.15) is 5.75 Å². The van der Waals surface area contributed by atoms with Gasteiger partial charge >= 0.3 is 0 Å². The Morgan fingerprint density at radius 2 is 1.69 bits per heavy atom. The summed E-state index contributed by atoms with van der Waals surface area (Å²) in [7, 11) is 3.22. The van der Waals surface area contributed by atoms with Gasteiger partial charge in [-0.2, -0.15) is 0 Å². The SMILES string of the molecule is COc1cc(OC)nc(-c2ccccc2)c1. The molecule has 0 saturated heterocycles. The minimum absolute atomic E-state index is 0.554. The minimum atomic E-state index is 0.554. The molecule has 2 rings (SSSR count). The molecule has 0 atom stereocenters. The Labute approximate surface area is 94.7 Å². The second-order valence-corrected chi connectivity index (χ2v) is 3.30. The van der Waals surface area contributed by atoms with E-state index in [4.69, 9.17) is 9.47 Å². The summed E-state index contributed by atoms with van der Waals surface area (Å²) in [5.74, 6) is 1.30. The van der Waals surface area contributed by atoms with Gasteiger partial charge in [0.05, 0.1) is 19.9 Å². The highest BCUT2D eigenvalue weighted by Crippen LogP contribution is 2.25. The quantitative estimate of drug-likeness (QED) is 0.788. The molecule has 0 aliphatic heterocycles. The van der Waals surface area contributed by atoms with Crippen LogP contribution in [0.25, 0.3) is 11.3 Å². The molecular formula is C13H13NO2. The number of methoxy groups -OCH3 is 2. The molecule has 0 bridgehead atoms. The highest BCUT2D eigenvalue weighted by molar-refractivity contribution is 5.61. The zero-order chi connectivity index (χ0) is 11.4. The largest absolute Gasteiger partial charge is 0.496 e. The van der Waals surface area contributed by atoms with E-state index in [2.05, 4.69) is 4.98 Å². The van der Waals surface area contributed by atoms with Crippen LogP contribution in [0.5, 0.6) is 11.6 Å². The zero-order valence-electron chi connectivity index (χ0n) is 9.31. The molecule has 1 heterocycles. The second-order valence-electron chi connectivity index (χ2n) is 3.30. The van der Waals surface area contributed by atoms with Crippen molar-refractivity contribution in [1.82, 2.24) is 4.98 Å². The number of pyridine rings is 1. The van der Waals surface area contributed by atoms with Crippen molar-refractivity contribution in [2.45, 2.75) is 0 Å². The molecule has 0 saturated carbocycles. The normalized spacial score (nSPS) is 9.88. The van der Waals surface area contributed by atoms with Crippen LogP contribution < -0.4 is 9.47 Å². The van der Waals surface area contributed by atoms with E-state index in [1.807, 2.05) is 36.4 Å². The molecule has 0 spiro atoms. The van der Waals surface area contributed by atoms with Crippen LogP contribution in [0, 0.1) is 0 Å². The number of benzene rings is 1. The van der Waals surface area contributed by atoms with E-state index in [0.29, 0.717) is 5.88 Å². The van der Waals surface area contributed by atoms with Crippen molar-refractivity contribution in [3.05, 3.63) is 42.5 Å². The van der Waals surface area contributed by atoms with Crippen molar-refractivity contribution in [3.8, 4) is 22.9 Å².